The van der Waals surface area contributed by atoms with Crippen molar-refractivity contribution >= 4 is 16.7 Å². The van der Waals surface area contributed by atoms with Crippen LogP contribution in [-0.4, -0.2) is 40.3 Å². The van der Waals surface area contributed by atoms with E-state index in [-0.39, 0.29) is 29.7 Å². The number of hydrogen-bond donors (Lipinski definition) is 1. The third kappa shape index (κ3) is 3.41. The van der Waals surface area contributed by atoms with E-state index in [1.807, 2.05) is 30.3 Å². The minimum absolute atomic E-state index is 0.198. The quantitative estimate of drug-likeness (QED) is 0.758. The number of morpholine rings is 1. The van der Waals surface area contributed by atoms with Gasteiger partial charge in [-0.1, -0.05) is 42.5 Å². The number of nitrogens with zero attached hydrogens (tertiary/aromatic N) is 2. The molecule has 2 heterocycles. The number of carbonyl (C=O) groups is 1. The zero-order chi connectivity index (χ0) is 18.8. The number of aromatic nitrogens is 2. The van der Waals surface area contributed by atoms with Crippen LogP contribution in [0.3, 0.4) is 0 Å². The van der Waals surface area contributed by atoms with E-state index in [9.17, 15) is 14.4 Å². The molecule has 1 fully saturated rings. The predicted molar refractivity (Wildman–Crippen MR) is 101 cm³/mol. The molecule has 0 saturated carbocycles. The van der Waals surface area contributed by atoms with Crippen LogP contribution < -0.4 is 11.1 Å². The molecular weight excluding hydrogens is 346 g/mol. The van der Waals surface area contributed by atoms with Gasteiger partial charge in [-0.05, 0) is 17.7 Å². The molecule has 1 aliphatic rings. The van der Waals surface area contributed by atoms with E-state index in [0.717, 1.165) is 10.2 Å². The summed E-state index contributed by atoms with van der Waals surface area (Å²) in [6, 6.07) is 16.3. The molecular formula is C20H19N3O4. The highest BCUT2D eigenvalue weighted by molar-refractivity contribution is 5.81. The Hall–Kier alpha value is -3.19. The second-order valence-electron chi connectivity index (χ2n) is 6.49. The smallest absolute Gasteiger partial charge is 0.273 e. The Bertz CT molecular complexity index is 1090. The van der Waals surface area contributed by atoms with Crippen LogP contribution >= 0.6 is 0 Å². The molecule has 1 amide bonds. The standard InChI is InChI=1S/C20H19N3O4/c24-18(22-10-11-27-17(12-22)14-6-2-1-3-7-14)13-23-20(26)16-9-5-4-8-15(16)19(25)21-23/h1-9,17H,10-13H2,(H,21,25). The van der Waals surface area contributed by atoms with Gasteiger partial charge in [-0.2, -0.15) is 0 Å². The van der Waals surface area contributed by atoms with Gasteiger partial charge in [0.05, 0.1) is 23.9 Å². The molecule has 0 aliphatic carbocycles. The Morgan fingerprint density at radius 3 is 2.52 bits per heavy atom. The van der Waals surface area contributed by atoms with E-state index in [0.29, 0.717) is 30.5 Å². The van der Waals surface area contributed by atoms with Crippen LogP contribution in [0.5, 0.6) is 0 Å². The molecule has 1 saturated heterocycles. The van der Waals surface area contributed by atoms with Gasteiger partial charge >= 0.3 is 0 Å². The van der Waals surface area contributed by atoms with Gasteiger partial charge in [0, 0.05) is 6.54 Å². The van der Waals surface area contributed by atoms with Crippen LogP contribution in [0.2, 0.25) is 0 Å². The summed E-state index contributed by atoms with van der Waals surface area (Å²) in [5, 5.41) is 3.13. The van der Waals surface area contributed by atoms with Crippen molar-refractivity contribution in [3.8, 4) is 0 Å². The summed E-state index contributed by atoms with van der Waals surface area (Å²) in [4.78, 5) is 39.2. The van der Waals surface area contributed by atoms with Crippen molar-refractivity contribution in [2.24, 2.45) is 0 Å². The maximum atomic E-state index is 12.7. The number of fused-ring (bicyclic) bond motifs is 1. The van der Waals surface area contributed by atoms with Crippen molar-refractivity contribution in [1.82, 2.24) is 14.7 Å². The first kappa shape index (κ1) is 17.2. The van der Waals surface area contributed by atoms with E-state index in [1.165, 1.54) is 0 Å². The lowest BCUT2D eigenvalue weighted by atomic mass is 10.1. The van der Waals surface area contributed by atoms with Gasteiger partial charge in [-0.25, -0.2) is 4.68 Å². The molecule has 7 nitrogen and oxygen atoms in total. The van der Waals surface area contributed by atoms with Crippen LogP contribution in [0, 0.1) is 0 Å². The van der Waals surface area contributed by atoms with Crippen LogP contribution in [0.4, 0.5) is 0 Å². The van der Waals surface area contributed by atoms with E-state index >= 15 is 0 Å². The van der Waals surface area contributed by atoms with Gasteiger partial charge in [0.15, 0.2) is 0 Å². The highest BCUT2D eigenvalue weighted by Gasteiger charge is 2.25. The molecule has 0 spiro atoms. The minimum Gasteiger partial charge on any atom is -0.370 e. The third-order valence-corrected chi connectivity index (χ3v) is 4.77. The number of aromatic amines is 1. The largest absolute Gasteiger partial charge is 0.370 e. The topological polar surface area (TPSA) is 84.4 Å². The molecule has 1 unspecified atom stereocenters. The summed E-state index contributed by atoms with van der Waals surface area (Å²) in [7, 11) is 0. The molecule has 27 heavy (non-hydrogen) atoms. The number of ether oxygens (including phenoxy) is 1. The summed E-state index contributed by atoms with van der Waals surface area (Å²) in [6.07, 6.45) is -0.198. The lowest BCUT2D eigenvalue weighted by molar-refractivity contribution is -0.139. The number of hydrogen-bond acceptors (Lipinski definition) is 4. The molecule has 0 bridgehead atoms. The third-order valence-electron chi connectivity index (χ3n) is 4.77. The molecule has 138 valence electrons. The van der Waals surface area contributed by atoms with E-state index in [4.69, 9.17) is 4.74 Å². The molecule has 4 rings (SSSR count). The van der Waals surface area contributed by atoms with E-state index < -0.39 is 0 Å². The Balaban J connectivity index is 1.56. The lowest BCUT2D eigenvalue weighted by Gasteiger charge is -2.33. The van der Waals surface area contributed by atoms with Gasteiger partial charge < -0.3 is 9.64 Å². The van der Waals surface area contributed by atoms with Crippen molar-refractivity contribution < 1.29 is 9.53 Å². The van der Waals surface area contributed by atoms with Crippen LogP contribution in [0.15, 0.2) is 64.2 Å². The monoisotopic (exact) mass is 365 g/mol. The zero-order valence-electron chi connectivity index (χ0n) is 14.6. The average molecular weight is 365 g/mol. The van der Waals surface area contributed by atoms with Crippen molar-refractivity contribution in [1.29, 1.82) is 0 Å². The predicted octanol–water partition coefficient (Wildman–Crippen LogP) is 1.29. The first-order valence-corrected chi connectivity index (χ1v) is 8.79. The second kappa shape index (κ2) is 7.20. The zero-order valence-corrected chi connectivity index (χ0v) is 14.6. The number of nitrogens with one attached hydrogen (secondary N) is 1. The fourth-order valence-electron chi connectivity index (χ4n) is 3.34. The van der Waals surface area contributed by atoms with Crippen molar-refractivity contribution in [3.05, 3.63) is 80.9 Å². The van der Waals surface area contributed by atoms with Crippen LogP contribution in [-0.2, 0) is 16.1 Å². The molecule has 1 atom stereocenters. The average Bonchev–Trinajstić information content (AvgIpc) is 2.72. The Labute approximate surface area is 154 Å². The number of H-pyrrole nitrogens is 1. The highest BCUT2D eigenvalue weighted by Crippen LogP contribution is 2.22. The number of carbonyl (C=O) groups excluding carboxylic acids is 1. The van der Waals surface area contributed by atoms with E-state index in [2.05, 4.69) is 5.10 Å². The van der Waals surface area contributed by atoms with Gasteiger partial charge in [-0.3, -0.25) is 19.5 Å². The fraction of sp³-hybridized carbons (Fsp3) is 0.250. The van der Waals surface area contributed by atoms with Crippen LogP contribution in [0.1, 0.15) is 11.7 Å². The highest BCUT2D eigenvalue weighted by atomic mass is 16.5. The van der Waals surface area contributed by atoms with E-state index in [1.54, 1.807) is 29.2 Å². The maximum absolute atomic E-state index is 12.7. The SMILES string of the molecule is O=C(Cn1[nH]c(=O)c2ccccc2c1=O)N1CCOC(c2ccccc2)C1. The summed E-state index contributed by atoms with van der Waals surface area (Å²) < 4.78 is 6.86. The first-order chi connectivity index (χ1) is 13.1. The molecule has 1 N–H and O–H groups in total. The second-order valence-corrected chi connectivity index (χ2v) is 6.49. The van der Waals surface area contributed by atoms with Gasteiger partial charge in [-0.15, -0.1) is 0 Å². The Morgan fingerprint density at radius 1 is 1.04 bits per heavy atom. The van der Waals surface area contributed by atoms with Gasteiger partial charge in [0.25, 0.3) is 11.1 Å². The molecule has 3 aromatic rings. The Kier molecular flexibility index (Phi) is 4.60. The number of rotatable bonds is 3. The Morgan fingerprint density at radius 2 is 1.74 bits per heavy atom. The fourth-order valence-corrected chi connectivity index (χ4v) is 3.34. The first-order valence-electron chi connectivity index (χ1n) is 8.79. The summed E-state index contributed by atoms with van der Waals surface area (Å²) in [5.41, 5.74) is 0.236. The maximum Gasteiger partial charge on any atom is 0.273 e. The molecule has 0 radical (unpaired) electrons. The van der Waals surface area contributed by atoms with Crippen LogP contribution in [0.25, 0.3) is 10.8 Å². The molecule has 1 aliphatic heterocycles. The van der Waals surface area contributed by atoms with Gasteiger partial charge in [0.2, 0.25) is 5.91 Å². The molecule has 1 aromatic heterocycles. The van der Waals surface area contributed by atoms with Crippen molar-refractivity contribution in [2.45, 2.75) is 12.6 Å². The summed E-state index contributed by atoms with van der Waals surface area (Å²) in [5.74, 6) is -0.229. The number of benzene rings is 2. The normalized spacial score (nSPS) is 17.2. The minimum atomic E-state index is -0.387. The molecule has 7 heteroatoms. The number of amides is 1. The van der Waals surface area contributed by atoms with Crippen molar-refractivity contribution in [2.75, 3.05) is 19.7 Å². The van der Waals surface area contributed by atoms with Gasteiger partial charge in [0.1, 0.15) is 12.6 Å². The molecule has 2 aromatic carbocycles. The van der Waals surface area contributed by atoms with Crippen molar-refractivity contribution in [3.63, 3.8) is 0 Å². The lowest BCUT2D eigenvalue weighted by Crippen LogP contribution is -2.45. The summed E-state index contributed by atoms with van der Waals surface area (Å²) in [6.45, 7) is 1.08. The summed E-state index contributed by atoms with van der Waals surface area (Å²) >= 11 is 0.